The molecule has 2 aromatic carbocycles. The number of methoxy groups -OCH3 is 1. The number of nitrogens with one attached hydrogen (secondary N) is 1. The second-order valence-corrected chi connectivity index (χ2v) is 6.87. The van der Waals surface area contributed by atoms with Crippen LogP contribution >= 0.6 is 12.4 Å². The Bertz CT molecular complexity index is 873. The third-order valence-electron chi connectivity index (χ3n) is 5.28. The normalized spacial score (nSPS) is 18.5. The summed E-state index contributed by atoms with van der Waals surface area (Å²) in [7, 11) is 1.64. The minimum absolute atomic E-state index is 0. The van der Waals surface area contributed by atoms with E-state index in [-0.39, 0.29) is 36.8 Å². The number of halogens is 1. The number of ether oxygens (including phenoxy) is 1. The molecule has 2 aliphatic heterocycles. The van der Waals surface area contributed by atoms with Gasteiger partial charge in [-0.25, -0.2) is 0 Å². The molecule has 1 fully saturated rings. The Hall–Kier alpha value is -2.57. The average molecular weight is 402 g/mol. The van der Waals surface area contributed by atoms with E-state index in [2.05, 4.69) is 5.32 Å². The van der Waals surface area contributed by atoms with E-state index in [0.29, 0.717) is 25.2 Å². The summed E-state index contributed by atoms with van der Waals surface area (Å²) in [6.07, 6.45) is 0. The molecule has 28 heavy (non-hydrogen) atoms. The van der Waals surface area contributed by atoms with Crippen molar-refractivity contribution in [2.45, 2.75) is 12.6 Å². The first kappa shape index (κ1) is 20.2. The minimum Gasteiger partial charge on any atom is -0.496 e. The van der Waals surface area contributed by atoms with E-state index in [9.17, 15) is 9.59 Å². The summed E-state index contributed by atoms with van der Waals surface area (Å²) < 4.78 is 5.49. The molecule has 1 saturated heterocycles. The lowest BCUT2D eigenvalue weighted by molar-refractivity contribution is -0.135. The van der Waals surface area contributed by atoms with Gasteiger partial charge in [0.2, 0.25) is 5.91 Å². The van der Waals surface area contributed by atoms with Gasteiger partial charge in [-0.15, -0.1) is 12.4 Å². The Morgan fingerprint density at radius 1 is 1.18 bits per heavy atom. The predicted octanol–water partition coefficient (Wildman–Crippen LogP) is 2.25. The Labute approximate surface area is 170 Å². The Morgan fingerprint density at radius 3 is 2.71 bits per heavy atom. The molecule has 2 aromatic rings. The molecule has 1 N–H and O–H groups in total. The van der Waals surface area contributed by atoms with Crippen LogP contribution in [0, 0.1) is 0 Å². The van der Waals surface area contributed by atoms with E-state index in [0.717, 1.165) is 23.4 Å². The summed E-state index contributed by atoms with van der Waals surface area (Å²) in [5.74, 6) is 0.671. The molecule has 0 bridgehead atoms. The predicted molar refractivity (Wildman–Crippen MR) is 109 cm³/mol. The first-order chi connectivity index (χ1) is 13.2. The molecule has 0 aliphatic carbocycles. The number of nitrogens with zero attached hydrogens (tertiary/aromatic N) is 2. The molecule has 0 saturated carbocycles. The summed E-state index contributed by atoms with van der Waals surface area (Å²) >= 11 is 0. The number of fused-ring (bicyclic) bond motifs is 1. The number of para-hydroxylation sites is 1. The maximum atomic E-state index is 13.1. The van der Waals surface area contributed by atoms with Gasteiger partial charge in [0.05, 0.1) is 13.2 Å². The Kier molecular flexibility index (Phi) is 6.21. The van der Waals surface area contributed by atoms with Crippen LogP contribution in [0.15, 0.2) is 48.5 Å². The number of piperazine rings is 1. The van der Waals surface area contributed by atoms with Gasteiger partial charge in [0.1, 0.15) is 12.3 Å². The van der Waals surface area contributed by atoms with E-state index in [1.165, 1.54) is 0 Å². The summed E-state index contributed by atoms with van der Waals surface area (Å²) in [5.41, 5.74) is 2.67. The van der Waals surface area contributed by atoms with Crippen LogP contribution in [0.25, 0.3) is 0 Å². The van der Waals surface area contributed by atoms with Crippen molar-refractivity contribution < 1.29 is 14.3 Å². The number of carbonyl (C=O) groups excluding carboxylic acids is 2. The van der Waals surface area contributed by atoms with E-state index >= 15 is 0 Å². The Morgan fingerprint density at radius 2 is 1.93 bits per heavy atom. The van der Waals surface area contributed by atoms with Crippen LogP contribution in [0.1, 0.15) is 27.5 Å². The highest BCUT2D eigenvalue weighted by Gasteiger charge is 2.34. The van der Waals surface area contributed by atoms with E-state index in [1.807, 2.05) is 53.4 Å². The molecule has 1 atom stereocenters. The molecule has 2 aliphatic rings. The topological polar surface area (TPSA) is 61.9 Å². The van der Waals surface area contributed by atoms with Crippen molar-refractivity contribution in [3.05, 3.63) is 65.2 Å². The maximum Gasteiger partial charge on any atom is 0.254 e. The van der Waals surface area contributed by atoms with Crippen molar-refractivity contribution in [1.82, 2.24) is 15.1 Å². The van der Waals surface area contributed by atoms with Crippen LogP contribution in [0.5, 0.6) is 5.75 Å². The number of rotatable bonds is 4. The lowest BCUT2D eigenvalue weighted by atomic mass is 10.0. The lowest BCUT2D eigenvalue weighted by Gasteiger charge is -2.37. The molecule has 0 aromatic heterocycles. The second-order valence-electron chi connectivity index (χ2n) is 6.87. The highest BCUT2D eigenvalue weighted by Crippen LogP contribution is 2.31. The van der Waals surface area contributed by atoms with Crippen molar-refractivity contribution in [3.8, 4) is 5.75 Å². The molecule has 4 rings (SSSR count). The van der Waals surface area contributed by atoms with E-state index < -0.39 is 0 Å². The highest BCUT2D eigenvalue weighted by atomic mass is 35.5. The quantitative estimate of drug-likeness (QED) is 0.853. The first-order valence-electron chi connectivity index (χ1n) is 9.19. The van der Waals surface area contributed by atoms with Gasteiger partial charge in [-0.3, -0.25) is 9.59 Å². The molecule has 0 radical (unpaired) electrons. The molecule has 2 heterocycles. The largest absolute Gasteiger partial charge is 0.496 e. The van der Waals surface area contributed by atoms with Gasteiger partial charge >= 0.3 is 0 Å². The number of amides is 2. The third kappa shape index (κ3) is 3.70. The molecule has 7 heteroatoms. The van der Waals surface area contributed by atoms with Crippen LogP contribution in [-0.4, -0.2) is 54.9 Å². The lowest BCUT2D eigenvalue weighted by Crippen LogP contribution is -2.51. The van der Waals surface area contributed by atoms with Gasteiger partial charge in [-0.1, -0.05) is 36.4 Å². The monoisotopic (exact) mass is 401 g/mol. The first-order valence-corrected chi connectivity index (χ1v) is 9.19. The third-order valence-corrected chi connectivity index (χ3v) is 5.28. The van der Waals surface area contributed by atoms with Gasteiger partial charge in [0.15, 0.2) is 0 Å². The van der Waals surface area contributed by atoms with Gasteiger partial charge in [0, 0.05) is 37.3 Å². The van der Waals surface area contributed by atoms with Crippen LogP contribution in [-0.2, 0) is 11.3 Å². The fraction of sp³-hybridized carbons (Fsp3) is 0.333. The molecular weight excluding hydrogens is 378 g/mol. The van der Waals surface area contributed by atoms with E-state index in [1.54, 1.807) is 12.0 Å². The van der Waals surface area contributed by atoms with Crippen LogP contribution in [0.4, 0.5) is 0 Å². The molecule has 1 unspecified atom stereocenters. The van der Waals surface area contributed by atoms with E-state index in [4.69, 9.17) is 4.74 Å². The molecular formula is C21H24ClN3O3. The number of benzene rings is 2. The average Bonchev–Trinajstić information content (AvgIpc) is 3.03. The van der Waals surface area contributed by atoms with Gasteiger partial charge in [-0.05, 0) is 17.7 Å². The molecule has 2 amide bonds. The zero-order chi connectivity index (χ0) is 18.8. The van der Waals surface area contributed by atoms with Crippen LogP contribution < -0.4 is 10.1 Å². The molecule has 6 nitrogen and oxygen atoms in total. The van der Waals surface area contributed by atoms with Crippen molar-refractivity contribution in [1.29, 1.82) is 0 Å². The van der Waals surface area contributed by atoms with Crippen molar-refractivity contribution in [2.24, 2.45) is 0 Å². The van der Waals surface area contributed by atoms with Crippen molar-refractivity contribution in [2.75, 3.05) is 33.3 Å². The summed E-state index contributed by atoms with van der Waals surface area (Å²) in [6.45, 7) is 2.60. The van der Waals surface area contributed by atoms with Crippen LogP contribution in [0.2, 0.25) is 0 Å². The summed E-state index contributed by atoms with van der Waals surface area (Å²) in [6, 6.07) is 15.2. The fourth-order valence-corrected chi connectivity index (χ4v) is 3.92. The number of hydrogen-bond acceptors (Lipinski definition) is 4. The second kappa shape index (κ2) is 8.63. The number of hydrogen-bond donors (Lipinski definition) is 1. The van der Waals surface area contributed by atoms with Gasteiger partial charge in [0.25, 0.3) is 5.91 Å². The highest BCUT2D eigenvalue weighted by molar-refractivity contribution is 6.00. The fourth-order valence-electron chi connectivity index (χ4n) is 3.92. The maximum absolute atomic E-state index is 13.1. The number of carbonyl (C=O) groups is 2. The molecule has 148 valence electrons. The zero-order valence-corrected chi connectivity index (χ0v) is 16.6. The van der Waals surface area contributed by atoms with Crippen molar-refractivity contribution in [3.63, 3.8) is 0 Å². The summed E-state index contributed by atoms with van der Waals surface area (Å²) in [4.78, 5) is 29.2. The van der Waals surface area contributed by atoms with Gasteiger partial charge in [-0.2, -0.15) is 0 Å². The standard InChI is InChI=1S/C21H23N3O3.ClH/c1-27-19-9-5-4-8-17(19)18-12-22-10-11-24(18)20(25)14-23-13-15-6-2-3-7-16(15)21(23)26;/h2-9,18,22H,10-14H2,1H3;1H. The smallest absolute Gasteiger partial charge is 0.254 e. The van der Waals surface area contributed by atoms with Crippen molar-refractivity contribution >= 4 is 24.2 Å². The molecule has 0 spiro atoms. The summed E-state index contributed by atoms with van der Waals surface area (Å²) in [5, 5.41) is 3.36. The zero-order valence-electron chi connectivity index (χ0n) is 15.8. The van der Waals surface area contributed by atoms with Gasteiger partial charge < -0.3 is 19.9 Å². The SMILES string of the molecule is COc1ccccc1C1CNCCN1C(=O)CN1Cc2ccccc2C1=O.Cl. The Balaban J connectivity index is 0.00000225. The van der Waals surface area contributed by atoms with Crippen LogP contribution in [0.3, 0.4) is 0 Å². The minimum atomic E-state index is -0.109.